The molecule has 1 atom stereocenters. The number of ether oxygens (including phenoxy) is 2. The van der Waals surface area contributed by atoms with Crippen LogP contribution in [-0.2, 0) is 16.0 Å². The van der Waals surface area contributed by atoms with Crippen LogP contribution in [0.25, 0.3) is 0 Å². The fraction of sp³-hybridized carbons (Fsp3) is 0.241. The molecule has 1 unspecified atom stereocenters. The molecule has 1 heterocycles. The number of phenolic OH excluding ortho intramolecular Hbond substituents is 1. The number of hydrogen-bond acceptors (Lipinski definition) is 8. The molecule has 0 fully saturated rings. The number of hydrogen-bond donors (Lipinski definition) is 2. The summed E-state index contributed by atoms with van der Waals surface area (Å²) in [5, 5.41) is 18.3. The lowest BCUT2D eigenvalue weighted by Crippen LogP contribution is -2.30. The van der Waals surface area contributed by atoms with Gasteiger partial charge in [-0.2, -0.15) is 4.40 Å². The van der Waals surface area contributed by atoms with Gasteiger partial charge in [0.1, 0.15) is 17.2 Å². The number of aromatic hydroxyl groups is 1. The van der Waals surface area contributed by atoms with Crippen LogP contribution in [0.15, 0.2) is 82.9 Å². The number of phenols is 1. The van der Waals surface area contributed by atoms with Crippen molar-refractivity contribution in [2.75, 3.05) is 25.7 Å². The van der Waals surface area contributed by atoms with Crippen LogP contribution in [-0.4, -0.2) is 38.0 Å². The molecule has 192 valence electrons. The third kappa shape index (κ3) is 5.59. The van der Waals surface area contributed by atoms with Gasteiger partial charge in [0.25, 0.3) is 0 Å². The van der Waals surface area contributed by atoms with Crippen molar-refractivity contribution in [1.29, 1.82) is 5.41 Å². The van der Waals surface area contributed by atoms with Crippen molar-refractivity contribution in [3.05, 3.63) is 95.2 Å². The SMILES string of the molecule is CCN1/C(=C\C=N/SOC(=N)c2ccccc2)C(C)(Cc2cc(O)cc(OC)c2)c2cc(OC)ccc21. The van der Waals surface area contributed by atoms with E-state index in [-0.39, 0.29) is 11.6 Å². The Morgan fingerprint density at radius 1 is 1.05 bits per heavy atom. The monoisotopic (exact) mass is 517 g/mol. The van der Waals surface area contributed by atoms with E-state index in [1.165, 1.54) is 0 Å². The maximum absolute atomic E-state index is 10.3. The Bertz CT molecular complexity index is 1330. The average Bonchev–Trinajstić information content (AvgIpc) is 3.14. The highest BCUT2D eigenvalue weighted by Crippen LogP contribution is 2.51. The van der Waals surface area contributed by atoms with Crippen LogP contribution in [0.2, 0.25) is 0 Å². The molecule has 8 heteroatoms. The topological polar surface area (TPSA) is 87.4 Å². The Morgan fingerprint density at radius 3 is 2.51 bits per heavy atom. The standard InChI is InChI=1S/C29H31N3O4S/c1-5-32-26-12-11-23(34-3)18-25(26)29(2,19-20-15-22(33)17-24(16-20)35-4)27(32)13-14-31-37-36-28(30)21-9-7-6-8-10-21/h6-18,30,33H,5,19H2,1-4H3/b27-13-,30-28?,31-14-. The first kappa shape index (κ1) is 26.2. The molecule has 0 saturated carbocycles. The summed E-state index contributed by atoms with van der Waals surface area (Å²) < 4.78 is 20.7. The van der Waals surface area contributed by atoms with Crippen LogP contribution >= 0.6 is 12.2 Å². The first-order chi connectivity index (χ1) is 17.9. The van der Waals surface area contributed by atoms with Gasteiger partial charge in [0.2, 0.25) is 18.1 Å². The quantitative estimate of drug-likeness (QED) is 0.150. The minimum atomic E-state index is -0.438. The zero-order valence-corrected chi connectivity index (χ0v) is 22.2. The molecule has 2 N–H and O–H groups in total. The van der Waals surface area contributed by atoms with E-state index >= 15 is 0 Å². The molecule has 0 radical (unpaired) electrons. The van der Waals surface area contributed by atoms with Gasteiger partial charge in [0, 0.05) is 41.2 Å². The van der Waals surface area contributed by atoms with E-state index in [4.69, 9.17) is 19.1 Å². The smallest absolute Gasteiger partial charge is 0.230 e. The van der Waals surface area contributed by atoms with Crippen LogP contribution in [0.3, 0.4) is 0 Å². The third-order valence-electron chi connectivity index (χ3n) is 6.50. The summed E-state index contributed by atoms with van der Waals surface area (Å²) >= 11 is 0.862. The molecule has 4 rings (SSSR count). The Hall–Kier alpha value is -3.91. The molecule has 0 amide bonds. The summed E-state index contributed by atoms with van der Waals surface area (Å²) in [4.78, 5) is 2.26. The van der Waals surface area contributed by atoms with Crippen LogP contribution in [0.5, 0.6) is 17.2 Å². The number of rotatable bonds is 9. The van der Waals surface area contributed by atoms with Crippen molar-refractivity contribution >= 4 is 30.0 Å². The van der Waals surface area contributed by atoms with Gasteiger partial charge in [-0.3, -0.25) is 5.41 Å². The lowest BCUT2D eigenvalue weighted by molar-refractivity contribution is 0.405. The number of benzene rings is 3. The zero-order chi connectivity index (χ0) is 26.4. The first-order valence-electron chi connectivity index (χ1n) is 11.9. The average molecular weight is 518 g/mol. The van der Waals surface area contributed by atoms with Gasteiger partial charge in [-0.25, -0.2) is 0 Å². The number of allylic oxidation sites excluding steroid dienone is 2. The van der Waals surface area contributed by atoms with E-state index in [9.17, 15) is 5.11 Å². The Labute approximate surface area is 222 Å². The number of anilines is 1. The third-order valence-corrected chi connectivity index (χ3v) is 6.95. The molecule has 3 aromatic carbocycles. The van der Waals surface area contributed by atoms with Crippen molar-refractivity contribution in [1.82, 2.24) is 0 Å². The highest BCUT2D eigenvalue weighted by molar-refractivity contribution is 7.93. The van der Waals surface area contributed by atoms with E-state index in [1.807, 2.05) is 48.5 Å². The Morgan fingerprint density at radius 2 is 1.81 bits per heavy atom. The predicted molar refractivity (Wildman–Crippen MR) is 150 cm³/mol. The van der Waals surface area contributed by atoms with Gasteiger partial charge in [-0.05, 0) is 79.9 Å². The molecule has 0 bridgehead atoms. The lowest BCUT2D eigenvalue weighted by Gasteiger charge is -2.30. The molecule has 37 heavy (non-hydrogen) atoms. The molecule has 0 aliphatic carbocycles. The van der Waals surface area contributed by atoms with Crippen molar-refractivity contribution in [2.24, 2.45) is 4.40 Å². The molecular formula is C29H31N3O4S. The van der Waals surface area contributed by atoms with E-state index in [0.717, 1.165) is 47.0 Å². The van der Waals surface area contributed by atoms with Gasteiger partial charge in [-0.15, -0.1) is 0 Å². The minimum Gasteiger partial charge on any atom is -0.508 e. The van der Waals surface area contributed by atoms with Gasteiger partial charge in [0.15, 0.2) is 0 Å². The second-order valence-electron chi connectivity index (χ2n) is 8.83. The number of fused-ring (bicyclic) bond motifs is 1. The molecule has 0 saturated heterocycles. The van der Waals surface area contributed by atoms with Gasteiger partial charge >= 0.3 is 0 Å². The van der Waals surface area contributed by atoms with E-state index < -0.39 is 5.41 Å². The normalized spacial score (nSPS) is 17.7. The zero-order valence-electron chi connectivity index (χ0n) is 21.4. The van der Waals surface area contributed by atoms with Crippen molar-refractivity contribution in [2.45, 2.75) is 25.7 Å². The molecule has 0 spiro atoms. The molecule has 7 nitrogen and oxygen atoms in total. The summed E-state index contributed by atoms with van der Waals surface area (Å²) in [6.07, 6.45) is 4.31. The first-order valence-corrected chi connectivity index (χ1v) is 12.6. The second kappa shape index (κ2) is 11.4. The number of nitrogens with zero attached hydrogens (tertiary/aromatic N) is 2. The minimum absolute atomic E-state index is 0.0497. The van der Waals surface area contributed by atoms with Gasteiger partial charge in [0.05, 0.1) is 14.2 Å². The van der Waals surface area contributed by atoms with E-state index in [2.05, 4.69) is 35.3 Å². The Balaban J connectivity index is 1.65. The summed E-state index contributed by atoms with van der Waals surface area (Å²) in [5.74, 6) is 1.61. The highest BCUT2D eigenvalue weighted by Gasteiger charge is 2.43. The maximum Gasteiger partial charge on any atom is 0.230 e. The molecule has 0 aromatic heterocycles. The van der Waals surface area contributed by atoms with Crippen LogP contribution in [0.1, 0.15) is 30.5 Å². The fourth-order valence-corrected chi connectivity index (χ4v) is 5.10. The summed E-state index contributed by atoms with van der Waals surface area (Å²) in [6.45, 7) is 5.06. The molecule has 1 aliphatic heterocycles. The van der Waals surface area contributed by atoms with E-state index in [0.29, 0.717) is 17.7 Å². The largest absolute Gasteiger partial charge is 0.508 e. The number of likely N-dealkylation sites (N-methyl/N-ethyl adjacent to an activating group) is 1. The second-order valence-corrected chi connectivity index (χ2v) is 9.36. The highest BCUT2D eigenvalue weighted by atomic mass is 32.2. The molecule has 1 aliphatic rings. The fourth-order valence-electron chi connectivity index (χ4n) is 4.78. The van der Waals surface area contributed by atoms with Crippen LogP contribution in [0, 0.1) is 5.41 Å². The predicted octanol–water partition coefficient (Wildman–Crippen LogP) is 6.31. The van der Waals surface area contributed by atoms with Crippen LogP contribution in [0.4, 0.5) is 5.69 Å². The Kier molecular flexibility index (Phi) is 8.08. The number of methoxy groups -OCH3 is 2. The molecule has 3 aromatic rings. The summed E-state index contributed by atoms with van der Waals surface area (Å²) in [7, 11) is 3.26. The maximum atomic E-state index is 10.3. The van der Waals surface area contributed by atoms with Crippen LogP contribution < -0.4 is 14.4 Å². The van der Waals surface area contributed by atoms with E-state index in [1.54, 1.807) is 32.6 Å². The summed E-state index contributed by atoms with van der Waals surface area (Å²) in [5.41, 5.74) is 4.49. The molecular weight excluding hydrogens is 486 g/mol. The summed E-state index contributed by atoms with van der Waals surface area (Å²) in [6, 6.07) is 20.7. The number of nitrogens with one attached hydrogen (secondary N) is 1. The van der Waals surface area contributed by atoms with Crippen molar-refractivity contribution in [3.63, 3.8) is 0 Å². The lowest BCUT2D eigenvalue weighted by atomic mass is 9.76. The van der Waals surface area contributed by atoms with Crippen molar-refractivity contribution in [3.8, 4) is 17.2 Å². The van der Waals surface area contributed by atoms with Gasteiger partial charge in [-0.1, -0.05) is 18.2 Å². The van der Waals surface area contributed by atoms with Crippen molar-refractivity contribution < 1.29 is 18.8 Å². The van der Waals surface area contributed by atoms with Gasteiger partial charge < -0.3 is 23.7 Å².